The van der Waals surface area contributed by atoms with Crippen LogP contribution in [0.1, 0.15) is 17.2 Å². The molecule has 2 aromatic carbocycles. The van der Waals surface area contributed by atoms with E-state index in [0.29, 0.717) is 10.0 Å². The van der Waals surface area contributed by atoms with Gasteiger partial charge in [-0.2, -0.15) is 0 Å². The molecule has 1 unspecified atom stereocenters. The first-order chi connectivity index (χ1) is 8.61. The fraction of sp³-hybridized carbons (Fsp3) is 0.143. The Balaban J connectivity index is 2.45. The second-order valence-electron chi connectivity index (χ2n) is 3.94. The lowest BCUT2D eigenvalue weighted by Gasteiger charge is -2.18. The lowest BCUT2D eigenvalue weighted by Crippen LogP contribution is -2.18. The summed E-state index contributed by atoms with van der Waals surface area (Å²) in [6.45, 7) is 0. The molecule has 0 aliphatic rings. The molecular weight excluding hydrogens is 272 g/mol. The summed E-state index contributed by atoms with van der Waals surface area (Å²) in [4.78, 5) is 0. The zero-order valence-electron chi connectivity index (χ0n) is 9.75. The lowest BCUT2D eigenvalue weighted by molar-refractivity contribution is 0.623. The highest BCUT2D eigenvalue weighted by molar-refractivity contribution is 6.31. The molecule has 0 fully saturated rings. The van der Waals surface area contributed by atoms with Crippen molar-refractivity contribution in [2.45, 2.75) is 6.04 Å². The van der Waals surface area contributed by atoms with Gasteiger partial charge in [0.2, 0.25) is 0 Å². The second kappa shape index (κ2) is 5.70. The number of hydrogen-bond acceptors (Lipinski definition) is 1. The highest BCUT2D eigenvalue weighted by Gasteiger charge is 2.15. The van der Waals surface area contributed by atoms with E-state index in [1.165, 1.54) is 12.1 Å². The van der Waals surface area contributed by atoms with Gasteiger partial charge in [0.15, 0.2) is 0 Å². The topological polar surface area (TPSA) is 12.0 Å². The Morgan fingerprint density at radius 1 is 1.11 bits per heavy atom. The van der Waals surface area contributed by atoms with Gasteiger partial charge in [0, 0.05) is 10.0 Å². The minimum absolute atomic E-state index is 0.114. The van der Waals surface area contributed by atoms with E-state index in [-0.39, 0.29) is 11.9 Å². The molecule has 0 bridgehead atoms. The third kappa shape index (κ3) is 2.83. The largest absolute Gasteiger partial charge is 0.309 e. The summed E-state index contributed by atoms with van der Waals surface area (Å²) in [5.41, 5.74) is 1.81. The molecule has 2 rings (SSSR count). The van der Waals surface area contributed by atoms with Gasteiger partial charge in [0.1, 0.15) is 5.82 Å². The Morgan fingerprint density at radius 2 is 1.89 bits per heavy atom. The van der Waals surface area contributed by atoms with Crippen LogP contribution in [0.5, 0.6) is 0 Å². The number of halogens is 3. The average Bonchev–Trinajstić information content (AvgIpc) is 2.33. The molecule has 94 valence electrons. The van der Waals surface area contributed by atoms with Crippen molar-refractivity contribution in [2.24, 2.45) is 0 Å². The molecule has 1 nitrogen and oxygen atoms in total. The summed E-state index contributed by atoms with van der Waals surface area (Å²) in [6.07, 6.45) is 0. The van der Waals surface area contributed by atoms with E-state index in [4.69, 9.17) is 23.2 Å². The van der Waals surface area contributed by atoms with Crippen LogP contribution in [0.2, 0.25) is 10.0 Å². The van der Waals surface area contributed by atoms with Gasteiger partial charge in [0.25, 0.3) is 0 Å². The second-order valence-corrected chi connectivity index (χ2v) is 4.79. The van der Waals surface area contributed by atoms with Crippen LogP contribution < -0.4 is 5.32 Å². The molecule has 0 amide bonds. The van der Waals surface area contributed by atoms with Crippen LogP contribution in [0.3, 0.4) is 0 Å². The maximum Gasteiger partial charge on any atom is 0.124 e. The molecule has 0 spiro atoms. The first-order valence-corrected chi connectivity index (χ1v) is 6.25. The molecular formula is C14H12Cl2FN. The predicted octanol–water partition coefficient (Wildman–Crippen LogP) is 4.44. The standard InChI is InChI=1S/C14H12Cl2FN/c1-18-14(9-3-2-4-10(15)7-9)12-6-5-11(17)8-13(12)16/h2-8,14,18H,1H3. The highest BCUT2D eigenvalue weighted by Crippen LogP contribution is 2.29. The molecule has 0 aliphatic heterocycles. The van der Waals surface area contributed by atoms with Gasteiger partial charge in [-0.05, 0) is 42.4 Å². The minimum atomic E-state index is -0.343. The molecule has 1 atom stereocenters. The summed E-state index contributed by atoms with van der Waals surface area (Å²) < 4.78 is 13.1. The molecule has 0 aromatic heterocycles. The van der Waals surface area contributed by atoms with Crippen LogP contribution in [0.15, 0.2) is 42.5 Å². The maximum atomic E-state index is 13.1. The SMILES string of the molecule is CNC(c1cccc(Cl)c1)c1ccc(F)cc1Cl. The van der Waals surface area contributed by atoms with Gasteiger partial charge < -0.3 is 5.32 Å². The van der Waals surface area contributed by atoms with Crippen molar-refractivity contribution in [1.29, 1.82) is 0 Å². The number of hydrogen-bond donors (Lipinski definition) is 1. The lowest BCUT2D eigenvalue weighted by atomic mass is 9.99. The van der Waals surface area contributed by atoms with E-state index in [9.17, 15) is 4.39 Å². The third-order valence-corrected chi connectivity index (χ3v) is 3.31. The third-order valence-electron chi connectivity index (χ3n) is 2.74. The summed E-state index contributed by atoms with van der Waals surface area (Å²) in [5, 5.41) is 4.21. The molecule has 2 aromatic rings. The zero-order valence-corrected chi connectivity index (χ0v) is 11.3. The van der Waals surface area contributed by atoms with Crippen molar-refractivity contribution >= 4 is 23.2 Å². The molecule has 0 saturated carbocycles. The fourth-order valence-electron chi connectivity index (χ4n) is 1.92. The predicted molar refractivity (Wildman–Crippen MR) is 73.8 cm³/mol. The molecule has 0 heterocycles. The van der Waals surface area contributed by atoms with E-state index < -0.39 is 0 Å². The van der Waals surface area contributed by atoms with E-state index in [1.54, 1.807) is 6.07 Å². The van der Waals surface area contributed by atoms with E-state index in [0.717, 1.165) is 11.1 Å². The molecule has 4 heteroatoms. The van der Waals surface area contributed by atoms with Crippen molar-refractivity contribution in [3.8, 4) is 0 Å². The van der Waals surface area contributed by atoms with E-state index in [2.05, 4.69) is 5.32 Å². The van der Waals surface area contributed by atoms with Crippen molar-refractivity contribution in [3.63, 3.8) is 0 Å². The Bertz CT molecular complexity index is 557. The number of rotatable bonds is 3. The van der Waals surface area contributed by atoms with Crippen LogP contribution >= 0.6 is 23.2 Å². The Morgan fingerprint density at radius 3 is 2.50 bits per heavy atom. The Hall–Kier alpha value is -1.09. The highest BCUT2D eigenvalue weighted by atomic mass is 35.5. The Labute approximate surface area is 116 Å². The summed E-state index contributed by atoms with van der Waals surface area (Å²) >= 11 is 12.1. The van der Waals surface area contributed by atoms with Crippen molar-refractivity contribution in [2.75, 3.05) is 7.05 Å². The maximum absolute atomic E-state index is 13.1. The zero-order chi connectivity index (χ0) is 13.1. The number of nitrogens with one attached hydrogen (secondary N) is 1. The van der Waals surface area contributed by atoms with Gasteiger partial charge in [-0.1, -0.05) is 41.4 Å². The summed E-state index contributed by atoms with van der Waals surface area (Å²) in [5.74, 6) is -0.343. The van der Waals surface area contributed by atoms with Crippen LogP contribution in [0.25, 0.3) is 0 Å². The smallest absolute Gasteiger partial charge is 0.124 e. The Kier molecular flexibility index (Phi) is 4.23. The van der Waals surface area contributed by atoms with E-state index in [1.807, 2.05) is 31.3 Å². The van der Waals surface area contributed by atoms with Gasteiger partial charge in [-0.25, -0.2) is 4.39 Å². The van der Waals surface area contributed by atoms with Crippen molar-refractivity contribution < 1.29 is 4.39 Å². The van der Waals surface area contributed by atoms with Gasteiger partial charge in [-0.15, -0.1) is 0 Å². The summed E-state index contributed by atoms with van der Waals surface area (Å²) in [7, 11) is 1.82. The van der Waals surface area contributed by atoms with Gasteiger partial charge in [-0.3, -0.25) is 0 Å². The van der Waals surface area contributed by atoms with Crippen molar-refractivity contribution in [1.82, 2.24) is 5.32 Å². The summed E-state index contributed by atoms with van der Waals surface area (Å²) in [6, 6.07) is 11.8. The van der Waals surface area contributed by atoms with Crippen LogP contribution in [-0.2, 0) is 0 Å². The van der Waals surface area contributed by atoms with Gasteiger partial charge >= 0.3 is 0 Å². The molecule has 0 aliphatic carbocycles. The molecule has 18 heavy (non-hydrogen) atoms. The molecule has 0 saturated heterocycles. The normalized spacial score (nSPS) is 12.4. The first kappa shape index (κ1) is 13.3. The quantitative estimate of drug-likeness (QED) is 0.878. The molecule has 0 radical (unpaired) electrons. The van der Waals surface area contributed by atoms with Crippen LogP contribution in [0.4, 0.5) is 4.39 Å². The minimum Gasteiger partial charge on any atom is -0.309 e. The average molecular weight is 284 g/mol. The monoisotopic (exact) mass is 283 g/mol. The fourth-order valence-corrected chi connectivity index (χ4v) is 2.40. The van der Waals surface area contributed by atoms with E-state index >= 15 is 0 Å². The molecule has 1 N–H and O–H groups in total. The van der Waals surface area contributed by atoms with Crippen molar-refractivity contribution in [3.05, 3.63) is 69.5 Å². The van der Waals surface area contributed by atoms with Crippen LogP contribution in [0, 0.1) is 5.82 Å². The first-order valence-electron chi connectivity index (χ1n) is 5.49. The van der Waals surface area contributed by atoms with Crippen LogP contribution in [-0.4, -0.2) is 7.05 Å². The number of benzene rings is 2. The van der Waals surface area contributed by atoms with Gasteiger partial charge in [0.05, 0.1) is 6.04 Å².